The first-order valence-corrected chi connectivity index (χ1v) is 19.9. The van der Waals surface area contributed by atoms with Gasteiger partial charge in [0.15, 0.2) is 23.6 Å². The van der Waals surface area contributed by atoms with Crippen LogP contribution in [0.3, 0.4) is 0 Å². The molecular weight excluding hydrogens is 776 g/mol. The van der Waals surface area contributed by atoms with Crippen molar-refractivity contribution in [3.63, 3.8) is 0 Å². The van der Waals surface area contributed by atoms with E-state index in [2.05, 4.69) is 10.6 Å². The molecule has 2 aromatic carbocycles. The summed E-state index contributed by atoms with van der Waals surface area (Å²) >= 11 is 0. The second kappa shape index (κ2) is 15.9. The number of benzene rings is 2. The van der Waals surface area contributed by atoms with Gasteiger partial charge in [-0.25, -0.2) is 14.4 Å². The number of amides is 2. The average molecular weight is 831 g/mol. The first-order chi connectivity index (χ1) is 28.0. The number of carbonyl (C=O) groups is 6. The molecule has 4 aliphatic rings. The summed E-state index contributed by atoms with van der Waals surface area (Å²) < 4.78 is 30.3. The third-order valence-corrected chi connectivity index (χ3v) is 12.4. The van der Waals surface area contributed by atoms with E-state index in [9.17, 15) is 34.2 Å². The van der Waals surface area contributed by atoms with Crippen molar-refractivity contribution in [3.8, 4) is 0 Å². The number of Topliss-reactive ketones (excluding diaryl/α,β-unsaturated/α-hetero) is 1. The normalized spacial score (nSPS) is 31.3. The zero-order valence-corrected chi connectivity index (χ0v) is 35.3. The summed E-state index contributed by atoms with van der Waals surface area (Å²) in [7, 11) is 0. The van der Waals surface area contributed by atoms with E-state index in [1.54, 1.807) is 109 Å². The summed E-state index contributed by atoms with van der Waals surface area (Å²) in [5, 5.41) is 30.7. The second-order valence-corrected chi connectivity index (χ2v) is 18.0. The predicted octanol–water partition coefficient (Wildman–Crippen LogP) is 4.41. The fourth-order valence-electron chi connectivity index (χ4n) is 9.54. The molecule has 15 heteroatoms. The zero-order valence-electron chi connectivity index (χ0n) is 35.3. The minimum atomic E-state index is -2.30. The Labute approximate surface area is 348 Å². The Balaban J connectivity index is 1.52. The van der Waals surface area contributed by atoms with Crippen LogP contribution in [0.25, 0.3) is 0 Å². The fourth-order valence-corrected chi connectivity index (χ4v) is 9.54. The van der Waals surface area contributed by atoms with E-state index in [1.165, 1.54) is 19.1 Å². The maximum absolute atomic E-state index is 15.4. The lowest BCUT2D eigenvalue weighted by atomic mass is 9.45. The van der Waals surface area contributed by atoms with Gasteiger partial charge in [-0.3, -0.25) is 14.4 Å². The van der Waals surface area contributed by atoms with Crippen LogP contribution < -0.4 is 10.6 Å². The Morgan fingerprint density at radius 3 is 2.08 bits per heavy atom. The number of carbonyl (C=O) groups excluding carboxylic acids is 6. The summed E-state index contributed by atoms with van der Waals surface area (Å²) in [5.41, 5.74) is -7.18. The van der Waals surface area contributed by atoms with Gasteiger partial charge >= 0.3 is 29.9 Å². The molecule has 0 radical (unpaired) electrons. The molecule has 3 aliphatic carbocycles. The monoisotopic (exact) mass is 830 g/mol. The number of nitrogens with one attached hydrogen (secondary N) is 2. The number of rotatable bonds is 9. The van der Waals surface area contributed by atoms with Crippen LogP contribution in [0.15, 0.2) is 84.1 Å². The number of aliphatic hydroxyl groups excluding tert-OH is 1. The van der Waals surface area contributed by atoms with E-state index in [1.807, 2.05) is 0 Å². The molecule has 10 atom stereocenters. The molecule has 60 heavy (non-hydrogen) atoms. The lowest BCUT2D eigenvalue weighted by Crippen LogP contribution is -2.79. The van der Waals surface area contributed by atoms with Crippen molar-refractivity contribution in [2.45, 2.75) is 116 Å². The molecule has 0 aromatic heterocycles. The van der Waals surface area contributed by atoms with Crippen LogP contribution in [0.5, 0.6) is 0 Å². The van der Waals surface area contributed by atoms with Gasteiger partial charge in [0.1, 0.15) is 23.6 Å². The molecule has 1 heterocycles. The van der Waals surface area contributed by atoms with Gasteiger partial charge in [0.25, 0.3) is 0 Å². The minimum Gasteiger partial charge on any atom is -0.455 e. The highest BCUT2D eigenvalue weighted by atomic mass is 16.6. The van der Waals surface area contributed by atoms with Gasteiger partial charge in [0, 0.05) is 37.1 Å². The number of allylic oxidation sites excluding steroid dienone is 1. The number of hydrogen-bond donors (Lipinski definition) is 4. The van der Waals surface area contributed by atoms with Gasteiger partial charge < -0.3 is 44.5 Å². The number of hydrogen-bond acceptors (Lipinski definition) is 13. The van der Waals surface area contributed by atoms with E-state index in [0.29, 0.717) is 5.56 Å². The highest BCUT2D eigenvalue weighted by molar-refractivity contribution is 5.94. The summed E-state index contributed by atoms with van der Waals surface area (Å²) in [6, 6.07) is 14.3. The molecule has 2 amide bonds. The topological polar surface area (TPSA) is 213 Å². The van der Waals surface area contributed by atoms with Crippen LogP contribution in [0.2, 0.25) is 0 Å². The molecule has 2 unspecified atom stereocenters. The zero-order chi connectivity index (χ0) is 44.2. The summed E-state index contributed by atoms with van der Waals surface area (Å²) in [6.45, 7) is 13.7. The fraction of sp³-hybridized carbons (Fsp3) is 0.511. The van der Waals surface area contributed by atoms with Gasteiger partial charge in [-0.2, -0.15) is 0 Å². The highest BCUT2D eigenvalue weighted by Crippen LogP contribution is 2.64. The first kappa shape index (κ1) is 44.2. The molecule has 1 saturated heterocycles. The van der Waals surface area contributed by atoms with Crippen LogP contribution in [0.4, 0.5) is 4.79 Å². The molecule has 2 bridgehead atoms. The van der Waals surface area contributed by atoms with E-state index < -0.39 is 112 Å². The number of fused-ring (bicyclic) bond motifs is 5. The number of ketones is 1. The number of urea groups is 1. The van der Waals surface area contributed by atoms with Crippen molar-refractivity contribution >= 4 is 35.7 Å². The van der Waals surface area contributed by atoms with Crippen molar-refractivity contribution in [1.82, 2.24) is 10.6 Å². The lowest BCUT2D eigenvalue weighted by Gasteiger charge is -2.65. The average Bonchev–Trinajstić information content (AvgIpc) is 3.15. The van der Waals surface area contributed by atoms with Crippen LogP contribution in [-0.2, 0) is 42.9 Å². The Hall–Kier alpha value is -5.38. The van der Waals surface area contributed by atoms with Crippen LogP contribution in [0.1, 0.15) is 90.7 Å². The van der Waals surface area contributed by atoms with Crippen molar-refractivity contribution in [2.24, 2.45) is 22.7 Å². The molecular formula is C45H54N2O13. The van der Waals surface area contributed by atoms with E-state index in [4.69, 9.17) is 23.7 Å². The molecule has 2 fully saturated rings. The van der Waals surface area contributed by atoms with Gasteiger partial charge in [-0.05, 0) is 57.9 Å². The van der Waals surface area contributed by atoms with Crippen LogP contribution in [-0.4, -0.2) is 93.7 Å². The van der Waals surface area contributed by atoms with Crippen molar-refractivity contribution < 1.29 is 62.7 Å². The summed E-state index contributed by atoms with van der Waals surface area (Å²) in [5.74, 6) is -7.12. The maximum Gasteiger partial charge on any atom is 0.342 e. The van der Waals surface area contributed by atoms with Gasteiger partial charge in [0.2, 0.25) is 0 Å². The van der Waals surface area contributed by atoms with Crippen molar-refractivity contribution in [2.75, 3.05) is 6.61 Å². The maximum atomic E-state index is 15.4. The molecule has 1 saturated carbocycles. The molecule has 322 valence electrons. The van der Waals surface area contributed by atoms with E-state index >= 15 is 4.79 Å². The minimum absolute atomic E-state index is 0.116. The van der Waals surface area contributed by atoms with Gasteiger partial charge in [-0.1, -0.05) is 74.5 Å². The predicted molar refractivity (Wildman–Crippen MR) is 213 cm³/mol. The van der Waals surface area contributed by atoms with Crippen LogP contribution in [0, 0.1) is 22.7 Å². The van der Waals surface area contributed by atoms with E-state index in [-0.39, 0.29) is 23.5 Å². The molecule has 1 aliphatic heterocycles. The second-order valence-electron chi connectivity index (χ2n) is 18.0. The number of ether oxygens (including phenoxy) is 5. The van der Waals surface area contributed by atoms with Crippen LogP contribution >= 0.6 is 0 Å². The largest absolute Gasteiger partial charge is 0.455 e. The molecule has 15 nitrogen and oxygen atoms in total. The SMILES string of the molecule is CC(=O)O[C@H]1C(=O)[C@]2(C)C=C[C@H]3OCC3(OC(C)=O)[C@H]2[C@H](OC(=O)c2ccccc2)[C@]2(O)CC(OC(=O)[C@H](O)[C@@H](NC(=O)NC(C)(C)C)c3ccccc3)=C(C)C1C2(C)C. The summed E-state index contributed by atoms with van der Waals surface area (Å²) in [6.07, 6.45) is -3.69. The molecule has 0 spiro atoms. The summed E-state index contributed by atoms with van der Waals surface area (Å²) in [4.78, 5) is 82.8. The van der Waals surface area contributed by atoms with E-state index in [0.717, 1.165) is 6.92 Å². The van der Waals surface area contributed by atoms with Gasteiger partial charge in [-0.15, -0.1) is 0 Å². The van der Waals surface area contributed by atoms with Crippen molar-refractivity contribution in [3.05, 3.63) is 95.3 Å². The third-order valence-electron chi connectivity index (χ3n) is 12.4. The molecule has 2 aromatic rings. The number of aliphatic hydroxyl groups is 2. The first-order valence-electron chi connectivity index (χ1n) is 19.9. The molecule has 4 N–H and O–H groups in total. The Kier molecular flexibility index (Phi) is 11.7. The smallest absolute Gasteiger partial charge is 0.342 e. The highest BCUT2D eigenvalue weighted by Gasteiger charge is 2.76. The Morgan fingerprint density at radius 1 is 0.917 bits per heavy atom. The standard InChI is InChI=1S/C45H54N2O13/c1-24-29(58-39(53)33(50)32(27-16-12-10-13-17-27)46-40(54)47-41(4,5)6)22-45(55)37(59-38(52)28-18-14-11-15-19-28)35-43(9,21-20-30-44(35,23-56-30)60-26(3)49)36(51)34(57-25(2)48)31(24)42(45,7)8/h10-21,30-35,37,50,55H,22-23H2,1-9H3,(H2,46,47,54)/t30-,31?,32+,33-,34-,35+,37+,43-,44?,45-/m1/s1. The Morgan fingerprint density at radius 2 is 1.53 bits per heavy atom. The third kappa shape index (κ3) is 7.74. The quantitative estimate of drug-likeness (QED) is 0.157. The Bertz CT molecular complexity index is 2110. The number of esters is 4. The van der Waals surface area contributed by atoms with Gasteiger partial charge in [0.05, 0.1) is 29.5 Å². The van der Waals surface area contributed by atoms with Crippen molar-refractivity contribution in [1.29, 1.82) is 0 Å². The lowest BCUT2D eigenvalue weighted by molar-refractivity contribution is -0.311. The molecule has 6 rings (SSSR count).